The molecule has 1 N–H and O–H groups in total. The van der Waals surface area contributed by atoms with Crippen molar-refractivity contribution in [1.29, 1.82) is 5.26 Å². The van der Waals surface area contributed by atoms with E-state index in [1.165, 1.54) is 11.3 Å². The van der Waals surface area contributed by atoms with Crippen molar-refractivity contribution in [3.05, 3.63) is 15.8 Å². The Balaban J connectivity index is 2.49. The fraction of sp³-hybridized carbons (Fsp3) is 0.500. The summed E-state index contributed by atoms with van der Waals surface area (Å²) in [5.41, 5.74) is -0.472. The molecule has 1 aliphatic heterocycles. The van der Waals surface area contributed by atoms with Gasteiger partial charge < -0.3 is 9.84 Å². The number of aliphatic hydroxyl groups is 1. The van der Waals surface area contributed by atoms with Crippen LogP contribution in [0.15, 0.2) is 6.07 Å². The van der Waals surface area contributed by atoms with Gasteiger partial charge in [0.25, 0.3) is 0 Å². The maximum Gasteiger partial charge on any atom is 0.138 e. The summed E-state index contributed by atoms with van der Waals surface area (Å²) in [6, 6.07) is 3.74. The molecule has 1 aromatic heterocycles. The molecule has 1 aliphatic rings. The minimum Gasteiger partial charge on any atom is -0.485 e. The number of rotatable bonds is 0. The van der Waals surface area contributed by atoms with Gasteiger partial charge >= 0.3 is 0 Å². The molecule has 0 aliphatic carbocycles. The summed E-state index contributed by atoms with van der Waals surface area (Å²) in [6.07, 6.45) is -0.615. The van der Waals surface area contributed by atoms with Gasteiger partial charge in [0, 0.05) is 6.07 Å². The standard InChI is InChI=1S/C10H10BrNO2S/c1-10(2)9(11)7(13)8-6(14-10)3-5(4-12)15-8/h3,7,9,13H,1-2H3. The van der Waals surface area contributed by atoms with E-state index in [0.717, 1.165) is 4.88 Å². The van der Waals surface area contributed by atoms with Gasteiger partial charge in [-0.05, 0) is 13.8 Å². The molecule has 0 radical (unpaired) electrons. The predicted molar refractivity (Wildman–Crippen MR) is 61.4 cm³/mol. The molecule has 2 rings (SSSR count). The van der Waals surface area contributed by atoms with Crippen molar-refractivity contribution in [2.75, 3.05) is 0 Å². The van der Waals surface area contributed by atoms with Crippen molar-refractivity contribution in [2.24, 2.45) is 0 Å². The van der Waals surface area contributed by atoms with Crippen LogP contribution in [0.1, 0.15) is 29.7 Å². The molecule has 0 aromatic carbocycles. The Morgan fingerprint density at radius 1 is 1.67 bits per heavy atom. The van der Waals surface area contributed by atoms with Gasteiger partial charge in [0.1, 0.15) is 28.4 Å². The van der Waals surface area contributed by atoms with Gasteiger partial charge in [-0.15, -0.1) is 11.3 Å². The molecule has 0 bridgehead atoms. The minimum atomic E-state index is -0.615. The van der Waals surface area contributed by atoms with Crippen molar-refractivity contribution in [1.82, 2.24) is 0 Å². The average molecular weight is 288 g/mol. The van der Waals surface area contributed by atoms with Crippen LogP contribution in [0, 0.1) is 11.3 Å². The molecule has 15 heavy (non-hydrogen) atoms. The van der Waals surface area contributed by atoms with Crippen LogP contribution < -0.4 is 4.74 Å². The van der Waals surface area contributed by atoms with Crippen LogP contribution >= 0.6 is 27.3 Å². The number of hydrogen-bond donors (Lipinski definition) is 1. The lowest BCUT2D eigenvalue weighted by Gasteiger charge is -2.38. The molecule has 80 valence electrons. The van der Waals surface area contributed by atoms with Crippen LogP contribution in [0.4, 0.5) is 0 Å². The Morgan fingerprint density at radius 3 is 2.93 bits per heavy atom. The Labute approximate surface area is 100 Å². The van der Waals surface area contributed by atoms with Crippen LogP contribution in [-0.4, -0.2) is 15.5 Å². The van der Waals surface area contributed by atoms with Crippen LogP contribution in [0.25, 0.3) is 0 Å². The lowest BCUT2D eigenvalue weighted by Crippen LogP contribution is -2.44. The van der Waals surface area contributed by atoms with E-state index in [1.54, 1.807) is 6.07 Å². The average Bonchev–Trinajstić information content (AvgIpc) is 2.57. The maximum absolute atomic E-state index is 10.0. The smallest absolute Gasteiger partial charge is 0.138 e. The van der Waals surface area contributed by atoms with Crippen molar-refractivity contribution < 1.29 is 9.84 Å². The molecule has 2 atom stereocenters. The lowest BCUT2D eigenvalue weighted by atomic mass is 9.96. The second-order valence-corrected chi connectivity index (χ2v) is 6.07. The Hall–Kier alpha value is -0.570. The number of ether oxygens (including phenoxy) is 1. The molecule has 5 heteroatoms. The number of aliphatic hydroxyl groups excluding tert-OH is 1. The fourth-order valence-electron chi connectivity index (χ4n) is 1.58. The second kappa shape index (κ2) is 3.48. The number of hydrogen-bond acceptors (Lipinski definition) is 4. The Bertz CT molecular complexity index is 435. The van der Waals surface area contributed by atoms with E-state index < -0.39 is 11.7 Å². The number of thiophene rings is 1. The van der Waals surface area contributed by atoms with Gasteiger partial charge in [0.05, 0.1) is 9.70 Å². The van der Waals surface area contributed by atoms with Crippen molar-refractivity contribution in [3.8, 4) is 11.8 Å². The number of alkyl halides is 1. The summed E-state index contributed by atoms with van der Waals surface area (Å²) in [5.74, 6) is 0.629. The minimum absolute atomic E-state index is 0.164. The third-order valence-electron chi connectivity index (χ3n) is 2.42. The topological polar surface area (TPSA) is 53.2 Å². The zero-order valence-corrected chi connectivity index (χ0v) is 10.7. The van der Waals surface area contributed by atoms with Crippen LogP contribution in [0.2, 0.25) is 0 Å². The largest absolute Gasteiger partial charge is 0.485 e. The summed E-state index contributed by atoms with van der Waals surface area (Å²) in [5, 5.41) is 18.8. The zero-order chi connectivity index (χ0) is 11.2. The molecule has 0 amide bonds. The molecule has 0 saturated carbocycles. The SMILES string of the molecule is CC1(C)Oc2cc(C#N)sc2C(O)C1Br. The Kier molecular flexibility index (Phi) is 2.53. The molecule has 1 aromatic rings. The first-order valence-electron chi connectivity index (χ1n) is 4.50. The van der Waals surface area contributed by atoms with Gasteiger partial charge in [0.2, 0.25) is 0 Å². The summed E-state index contributed by atoms with van der Waals surface area (Å²) >= 11 is 4.71. The monoisotopic (exact) mass is 287 g/mol. The first-order valence-corrected chi connectivity index (χ1v) is 6.24. The maximum atomic E-state index is 10.0. The van der Waals surface area contributed by atoms with E-state index in [-0.39, 0.29) is 4.83 Å². The predicted octanol–water partition coefficient (Wildman–Crippen LogP) is 2.59. The summed E-state index contributed by atoms with van der Waals surface area (Å²) < 4.78 is 5.74. The van der Waals surface area contributed by atoms with E-state index in [1.807, 2.05) is 13.8 Å². The molecule has 2 heterocycles. The van der Waals surface area contributed by atoms with Gasteiger partial charge in [-0.25, -0.2) is 0 Å². The third-order valence-corrected chi connectivity index (χ3v) is 5.11. The summed E-state index contributed by atoms with van der Waals surface area (Å²) in [7, 11) is 0. The summed E-state index contributed by atoms with van der Waals surface area (Å²) in [6.45, 7) is 3.81. The normalized spacial score (nSPS) is 27.7. The van der Waals surface area contributed by atoms with Gasteiger partial charge in [0.15, 0.2) is 0 Å². The fourth-order valence-corrected chi connectivity index (χ4v) is 3.02. The summed E-state index contributed by atoms with van der Waals surface area (Å²) in [4.78, 5) is 1.13. The van der Waals surface area contributed by atoms with E-state index in [2.05, 4.69) is 22.0 Å². The quantitative estimate of drug-likeness (QED) is 0.746. The highest BCUT2D eigenvalue weighted by Gasteiger charge is 2.42. The van der Waals surface area contributed by atoms with Crippen molar-refractivity contribution >= 4 is 27.3 Å². The third kappa shape index (κ3) is 1.67. The molecular formula is C10H10BrNO2S. The highest BCUT2D eigenvalue weighted by molar-refractivity contribution is 9.09. The number of nitrogens with zero attached hydrogens (tertiary/aromatic N) is 1. The molecule has 0 fully saturated rings. The second-order valence-electron chi connectivity index (χ2n) is 4.00. The van der Waals surface area contributed by atoms with E-state index in [0.29, 0.717) is 10.6 Å². The van der Waals surface area contributed by atoms with Gasteiger partial charge in [-0.3, -0.25) is 0 Å². The highest BCUT2D eigenvalue weighted by Crippen LogP contribution is 2.47. The van der Waals surface area contributed by atoms with Gasteiger partial charge in [-0.2, -0.15) is 5.26 Å². The van der Waals surface area contributed by atoms with E-state index >= 15 is 0 Å². The Morgan fingerprint density at radius 2 is 2.33 bits per heavy atom. The molecule has 2 unspecified atom stereocenters. The number of fused-ring (bicyclic) bond motifs is 1. The first kappa shape index (κ1) is 10.9. The van der Waals surface area contributed by atoms with E-state index in [4.69, 9.17) is 10.00 Å². The van der Waals surface area contributed by atoms with Crippen LogP contribution in [-0.2, 0) is 0 Å². The lowest BCUT2D eigenvalue weighted by molar-refractivity contribution is 0.0255. The van der Waals surface area contributed by atoms with E-state index in [9.17, 15) is 5.11 Å². The number of nitriles is 1. The molecular weight excluding hydrogens is 278 g/mol. The zero-order valence-electron chi connectivity index (χ0n) is 8.32. The highest BCUT2D eigenvalue weighted by atomic mass is 79.9. The van der Waals surface area contributed by atoms with Gasteiger partial charge in [-0.1, -0.05) is 15.9 Å². The number of halogens is 1. The molecule has 0 spiro atoms. The van der Waals surface area contributed by atoms with Crippen LogP contribution in [0.3, 0.4) is 0 Å². The first-order chi connectivity index (χ1) is 6.95. The van der Waals surface area contributed by atoms with Crippen molar-refractivity contribution in [2.45, 2.75) is 30.4 Å². The van der Waals surface area contributed by atoms with Crippen LogP contribution in [0.5, 0.6) is 5.75 Å². The molecule has 3 nitrogen and oxygen atoms in total. The molecule has 0 saturated heterocycles. The van der Waals surface area contributed by atoms with Crippen molar-refractivity contribution in [3.63, 3.8) is 0 Å².